The minimum Gasteiger partial charge on any atom is -0.507 e. The molecule has 6 nitrogen and oxygen atoms in total. The molecule has 2 aromatic carbocycles. The van der Waals surface area contributed by atoms with E-state index in [1.54, 1.807) is 28.9 Å². The average molecular weight is 485 g/mol. The normalized spacial score (nSPS) is 11.3. The topological polar surface area (TPSA) is 87.0 Å². The minimum atomic E-state index is 0.168. The molecule has 4 rings (SSSR count). The molecular formula is C25H26Cl2N4O2. The summed E-state index contributed by atoms with van der Waals surface area (Å²) in [5.41, 5.74) is 6.47. The summed E-state index contributed by atoms with van der Waals surface area (Å²) in [6, 6.07) is 6.86. The maximum atomic E-state index is 10.4. The monoisotopic (exact) mass is 484 g/mol. The van der Waals surface area contributed by atoms with Crippen molar-refractivity contribution in [1.29, 1.82) is 0 Å². The predicted octanol–water partition coefficient (Wildman–Crippen LogP) is 6.38. The maximum absolute atomic E-state index is 10.4. The zero-order chi connectivity index (χ0) is 23.7. The van der Waals surface area contributed by atoms with Crippen LogP contribution in [0.2, 0.25) is 10.0 Å². The molecule has 3 N–H and O–H groups in total. The lowest BCUT2D eigenvalue weighted by molar-refractivity contribution is 0.476. The summed E-state index contributed by atoms with van der Waals surface area (Å²) in [5, 5.41) is 33.8. The molecule has 2 aromatic heterocycles. The molecule has 0 bridgehead atoms. The smallest absolute Gasteiger partial charge is 0.125 e. The highest BCUT2D eigenvalue weighted by atomic mass is 35.5. The van der Waals surface area contributed by atoms with E-state index in [4.69, 9.17) is 23.2 Å². The number of hydrogen-bond donors (Lipinski definition) is 3. The van der Waals surface area contributed by atoms with Gasteiger partial charge >= 0.3 is 0 Å². The van der Waals surface area contributed by atoms with Crippen LogP contribution in [0.15, 0.2) is 36.7 Å². The van der Waals surface area contributed by atoms with E-state index in [-0.39, 0.29) is 11.5 Å². The van der Waals surface area contributed by atoms with Gasteiger partial charge in [0.2, 0.25) is 0 Å². The molecule has 2 heterocycles. The summed E-state index contributed by atoms with van der Waals surface area (Å²) < 4.78 is 1.76. The number of phenols is 2. The number of aromatic amines is 1. The van der Waals surface area contributed by atoms with Crippen molar-refractivity contribution in [3.63, 3.8) is 0 Å². The van der Waals surface area contributed by atoms with Gasteiger partial charge in [-0.05, 0) is 86.1 Å². The van der Waals surface area contributed by atoms with Crippen LogP contribution in [0.5, 0.6) is 11.5 Å². The minimum absolute atomic E-state index is 0.168. The Balaban J connectivity index is 1.47. The first kappa shape index (κ1) is 23.2. The number of aryl methyl sites for hydroxylation is 5. The van der Waals surface area contributed by atoms with E-state index >= 15 is 0 Å². The molecule has 0 radical (unpaired) electrons. The van der Waals surface area contributed by atoms with Gasteiger partial charge in [0, 0.05) is 40.6 Å². The molecule has 4 aromatic rings. The predicted molar refractivity (Wildman–Crippen MR) is 132 cm³/mol. The molecule has 0 atom stereocenters. The largest absolute Gasteiger partial charge is 0.507 e. The number of nitrogens with zero attached hydrogens (tertiary/aromatic N) is 3. The van der Waals surface area contributed by atoms with Gasteiger partial charge in [-0.25, -0.2) is 0 Å². The number of unbranched alkanes of at least 4 members (excludes halogenated alkanes) is 1. The summed E-state index contributed by atoms with van der Waals surface area (Å²) in [6.45, 7) is 3.72. The van der Waals surface area contributed by atoms with Crippen molar-refractivity contribution in [2.45, 2.75) is 39.5 Å². The molecule has 0 fully saturated rings. The first-order valence-electron chi connectivity index (χ1n) is 10.8. The number of benzene rings is 2. The van der Waals surface area contributed by atoms with Crippen LogP contribution in [0.3, 0.4) is 0 Å². The number of halogens is 2. The third-order valence-corrected chi connectivity index (χ3v) is 6.64. The van der Waals surface area contributed by atoms with E-state index in [1.165, 1.54) is 0 Å². The van der Waals surface area contributed by atoms with Crippen LogP contribution < -0.4 is 0 Å². The quantitative estimate of drug-likeness (QED) is 0.265. The van der Waals surface area contributed by atoms with Crippen molar-refractivity contribution in [2.75, 3.05) is 0 Å². The standard InChI is InChI=1S/C25H26Cl2N4O2/c1-14-8-22(32)18(10-20(14)26)24-16(12-28-29-24)6-4-5-7-17-13-31(3)30-25(17)19-11-21(27)15(2)9-23(19)33/h8-13,32-33H,4-7H2,1-3H3,(H,28,29). The van der Waals surface area contributed by atoms with Crippen LogP contribution in [-0.2, 0) is 19.9 Å². The molecule has 33 heavy (non-hydrogen) atoms. The number of aromatic nitrogens is 4. The second-order valence-corrected chi connectivity index (χ2v) is 9.19. The highest BCUT2D eigenvalue weighted by molar-refractivity contribution is 6.32. The third-order valence-electron chi connectivity index (χ3n) is 5.83. The fourth-order valence-electron chi connectivity index (χ4n) is 4.03. The van der Waals surface area contributed by atoms with Crippen LogP contribution in [-0.4, -0.2) is 30.2 Å². The Hall–Kier alpha value is -2.96. The van der Waals surface area contributed by atoms with Gasteiger partial charge in [0.1, 0.15) is 11.5 Å². The summed E-state index contributed by atoms with van der Waals surface area (Å²) in [5.74, 6) is 0.346. The Morgan fingerprint density at radius 2 is 1.39 bits per heavy atom. The summed E-state index contributed by atoms with van der Waals surface area (Å²) in [7, 11) is 1.87. The Kier molecular flexibility index (Phi) is 6.68. The number of phenolic OH excluding ortho intramolecular Hbond substituents is 2. The number of nitrogens with one attached hydrogen (secondary N) is 1. The van der Waals surface area contributed by atoms with Crippen molar-refractivity contribution in [2.24, 2.45) is 7.05 Å². The van der Waals surface area contributed by atoms with Crippen LogP contribution in [0.25, 0.3) is 22.5 Å². The lowest BCUT2D eigenvalue weighted by Gasteiger charge is -2.09. The van der Waals surface area contributed by atoms with Crippen molar-refractivity contribution < 1.29 is 10.2 Å². The molecule has 0 aliphatic heterocycles. The van der Waals surface area contributed by atoms with Crippen LogP contribution in [0, 0.1) is 13.8 Å². The first-order valence-corrected chi connectivity index (χ1v) is 11.5. The van der Waals surface area contributed by atoms with Crippen molar-refractivity contribution in [3.8, 4) is 34.0 Å². The van der Waals surface area contributed by atoms with Gasteiger partial charge in [-0.1, -0.05) is 23.2 Å². The van der Waals surface area contributed by atoms with Gasteiger partial charge in [0.25, 0.3) is 0 Å². The maximum Gasteiger partial charge on any atom is 0.125 e. The van der Waals surface area contributed by atoms with E-state index in [1.807, 2.05) is 33.3 Å². The SMILES string of the molecule is Cc1cc(O)c(-c2n[nH]cc2CCCCc2cn(C)nc2-c2cc(Cl)c(C)cc2O)cc1Cl. The lowest BCUT2D eigenvalue weighted by atomic mass is 9.99. The number of rotatable bonds is 7. The highest BCUT2D eigenvalue weighted by Gasteiger charge is 2.17. The second kappa shape index (κ2) is 9.49. The van der Waals surface area contributed by atoms with E-state index in [0.29, 0.717) is 21.2 Å². The van der Waals surface area contributed by atoms with Crippen LogP contribution in [0.1, 0.15) is 35.1 Å². The van der Waals surface area contributed by atoms with Gasteiger partial charge in [0.05, 0.1) is 11.4 Å². The van der Waals surface area contributed by atoms with E-state index in [0.717, 1.165) is 59.3 Å². The zero-order valence-electron chi connectivity index (χ0n) is 18.8. The molecule has 0 aliphatic rings. The van der Waals surface area contributed by atoms with Gasteiger partial charge in [-0.3, -0.25) is 9.78 Å². The molecule has 0 unspecified atom stereocenters. The van der Waals surface area contributed by atoms with E-state index in [9.17, 15) is 10.2 Å². The molecule has 8 heteroatoms. The molecule has 0 saturated heterocycles. The Morgan fingerprint density at radius 3 is 2.00 bits per heavy atom. The highest BCUT2D eigenvalue weighted by Crippen LogP contribution is 2.36. The molecule has 0 spiro atoms. The lowest BCUT2D eigenvalue weighted by Crippen LogP contribution is -1.93. The summed E-state index contributed by atoms with van der Waals surface area (Å²) in [6.07, 6.45) is 7.30. The molecular weight excluding hydrogens is 459 g/mol. The summed E-state index contributed by atoms with van der Waals surface area (Å²) >= 11 is 12.6. The number of hydrogen-bond acceptors (Lipinski definition) is 4. The molecule has 0 saturated carbocycles. The van der Waals surface area contributed by atoms with E-state index < -0.39 is 0 Å². The molecule has 172 valence electrons. The zero-order valence-corrected chi connectivity index (χ0v) is 20.3. The Morgan fingerprint density at radius 1 is 0.848 bits per heavy atom. The van der Waals surface area contributed by atoms with Gasteiger partial charge < -0.3 is 10.2 Å². The first-order chi connectivity index (χ1) is 15.7. The number of H-pyrrole nitrogens is 1. The fourth-order valence-corrected chi connectivity index (χ4v) is 4.36. The van der Waals surface area contributed by atoms with Crippen LogP contribution >= 0.6 is 23.2 Å². The van der Waals surface area contributed by atoms with Crippen molar-refractivity contribution >= 4 is 23.2 Å². The molecule has 0 aliphatic carbocycles. The Labute approximate surface area is 202 Å². The van der Waals surface area contributed by atoms with Gasteiger partial charge in [-0.15, -0.1) is 0 Å². The van der Waals surface area contributed by atoms with Crippen molar-refractivity contribution in [1.82, 2.24) is 20.0 Å². The van der Waals surface area contributed by atoms with Gasteiger partial charge in [0.15, 0.2) is 0 Å². The van der Waals surface area contributed by atoms with Crippen molar-refractivity contribution in [3.05, 3.63) is 69.0 Å². The Bertz CT molecular complexity index is 1310. The third kappa shape index (κ3) is 4.87. The van der Waals surface area contributed by atoms with Crippen LogP contribution in [0.4, 0.5) is 0 Å². The average Bonchev–Trinajstić information content (AvgIpc) is 3.37. The molecule has 0 amide bonds. The second-order valence-electron chi connectivity index (χ2n) is 8.38. The fraction of sp³-hybridized carbons (Fsp3) is 0.280. The number of aromatic hydroxyl groups is 2. The summed E-state index contributed by atoms with van der Waals surface area (Å²) in [4.78, 5) is 0. The van der Waals surface area contributed by atoms with Gasteiger partial charge in [-0.2, -0.15) is 10.2 Å². The van der Waals surface area contributed by atoms with E-state index in [2.05, 4.69) is 15.3 Å².